The van der Waals surface area contributed by atoms with E-state index < -0.39 is 35.6 Å². The van der Waals surface area contributed by atoms with Gasteiger partial charge < -0.3 is 20.1 Å². The van der Waals surface area contributed by atoms with Gasteiger partial charge in [-0.15, -0.1) is 0 Å². The van der Waals surface area contributed by atoms with Crippen molar-refractivity contribution in [1.29, 1.82) is 5.26 Å². The lowest BCUT2D eigenvalue weighted by molar-refractivity contribution is -0.134. The van der Waals surface area contributed by atoms with Crippen molar-refractivity contribution in [1.82, 2.24) is 10.6 Å². The Kier molecular flexibility index (Phi) is 10.4. The first-order valence-corrected chi connectivity index (χ1v) is 14.2. The van der Waals surface area contributed by atoms with E-state index in [-0.39, 0.29) is 44.0 Å². The van der Waals surface area contributed by atoms with Crippen LogP contribution >= 0.6 is 0 Å². The molecule has 1 aliphatic heterocycles. The number of hydrogen-bond acceptors (Lipinski definition) is 7. The van der Waals surface area contributed by atoms with Crippen LogP contribution in [0.4, 0.5) is 4.79 Å². The summed E-state index contributed by atoms with van der Waals surface area (Å²) in [5.74, 6) is -1.91. The number of ketones is 2. The molecule has 43 heavy (non-hydrogen) atoms. The molecule has 0 saturated carbocycles. The molecule has 9 heteroatoms. The van der Waals surface area contributed by atoms with Gasteiger partial charge in [-0.2, -0.15) is 5.26 Å². The van der Waals surface area contributed by atoms with Crippen LogP contribution in [0.1, 0.15) is 42.5 Å². The number of rotatable bonds is 14. The predicted octanol–water partition coefficient (Wildman–Crippen LogP) is 4.08. The second kappa shape index (κ2) is 14.4. The number of alkyl carbamates (subject to hydrolysis) is 1. The molecule has 0 spiro atoms. The Morgan fingerprint density at radius 3 is 2.05 bits per heavy atom. The summed E-state index contributed by atoms with van der Waals surface area (Å²) in [6.07, 6.45) is -0.475. The highest BCUT2D eigenvalue weighted by atomic mass is 16.6. The van der Waals surface area contributed by atoms with E-state index in [0.29, 0.717) is 5.56 Å². The third kappa shape index (κ3) is 9.09. The number of Topliss-reactive ketones (excluding diaryl/α,β-unsaturated/α-hetero) is 2. The highest BCUT2D eigenvalue weighted by Gasteiger charge is 2.50. The summed E-state index contributed by atoms with van der Waals surface area (Å²) in [7, 11) is 0. The van der Waals surface area contributed by atoms with E-state index in [9.17, 15) is 19.2 Å². The largest absolute Gasteiger partial charge is 0.445 e. The lowest BCUT2D eigenvalue weighted by Gasteiger charge is -2.24. The topological polar surface area (TPSA) is 138 Å². The molecule has 1 heterocycles. The lowest BCUT2D eigenvalue weighted by atomic mass is 9.89. The van der Waals surface area contributed by atoms with Crippen molar-refractivity contribution in [2.45, 2.75) is 57.4 Å². The number of amides is 2. The van der Waals surface area contributed by atoms with Gasteiger partial charge in [-0.05, 0) is 55.5 Å². The highest BCUT2D eigenvalue weighted by Crippen LogP contribution is 2.29. The molecule has 0 radical (unpaired) electrons. The predicted molar refractivity (Wildman–Crippen MR) is 159 cm³/mol. The maximum atomic E-state index is 13.7. The van der Waals surface area contributed by atoms with E-state index >= 15 is 0 Å². The first-order valence-electron chi connectivity index (χ1n) is 14.2. The number of nitriles is 1. The fraction of sp³-hybridized carbons (Fsp3) is 0.324. The molecule has 1 aliphatic rings. The van der Waals surface area contributed by atoms with Crippen LogP contribution in [0.3, 0.4) is 0 Å². The van der Waals surface area contributed by atoms with E-state index in [0.717, 1.165) is 16.7 Å². The fourth-order valence-electron chi connectivity index (χ4n) is 4.67. The second-order valence-corrected chi connectivity index (χ2v) is 10.9. The first-order chi connectivity index (χ1) is 20.7. The number of benzene rings is 3. The zero-order chi connectivity index (χ0) is 30.8. The van der Waals surface area contributed by atoms with Crippen LogP contribution in [0.2, 0.25) is 0 Å². The smallest absolute Gasteiger partial charge is 0.408 e. The molecule has 3 aromatic rings. The minimum absolute atomic E-state index is 0.0524. The van der Waals surface area contributed by atoms with Gasteiger partial charge in [-0.1, -0.05) is 72.8 Å². The normalized spacial score (nSPS) is 17.4. The van der Waals surface area contributed by atoms with Gasteiger partial charge in [0.2, 0.25) is 5.91 Å². The van der Waals surface area contributed by atoms with Crippen molar-refractivity contribution in [2.75, 3.05) is 6.61 Å². The molecule has 0 bridgehead atoms. The molecule has 4 atom stereocenters. The lowest BCUT2D eigenvalue weighted by Crippen LogP contribution is -2.50. The van der Waals surface area contributed by atoms with Crippen molar-refractivity contribution in [3.05, 3.63) is 107 Å². The summed E-state index contributed by atoms with van der Waals surface area (Å²) in [4.78, 5) is 52.7. The summed E-state index contributed by atoms with van der Waals surface area (Å²) in [6, 6.07) is 25.6. The number of nitrogens with one attached hydrogen (secondary N) is 2. The zero-order valence-corrected chi connectivity index (χ0v) is 24.2. The molecule has 0 aliphatic carbocycles. The number of carbonyl (C=O) groups is 4. The van der Waals surface area contributed by atoms with Crippen molar-refractivity contribution in [3.8, 4) is 6.07 Å². The molecular formula is C34H35N3O6. The van der Waals surface area contributed by atoms with Gasteiger partial charge in [-0.25, -0.2) is 4.79 Å². The quantitative estimate of drug-likeness (QED) is 0.274. The van der Waals surface area contributed by atoms with Crippen LogP contribution < -0.4 is 10.6 Å². The molecule has 222 valence electrons. The Morgan fingerprint density at radius 2 is 1.47 bits per heavy atom. The van der Waals surface area contributed by atoms with Crippen LogP contribution in [0, 0.1) is 17.2 Å². The molecule has 1 fully saturated rings. The molecule has 1 saturated heterocycles. The van der Waals surface area contributed by atoms with Crippen molar-refractivity contribution in [3.63, 3.8) is 0 Å². The molecule has 3 aromatic carbocycles. The molecule has 0 aromatic heterocycles. The van der Waals surface area contributed by atoms with E-state index in [4.69, 9.17) is 14.7 Å². The molecule has 2 amide bonds. The SMILES string of the molecule is C[C@H](NC(=O)OCc1ccccc1)C(=O)C[C@@H](Cc1ccc(C#N)cc1)C(=O)N[C@@H](Cc1ccccc1)C(=O)[C@@]1(C)CO1. The van der Waals surface area contributed by atoms with Crippen LogP contribution in [0.15, 0.2) is 84.9 Å². The standard InChI is InChI=1S/C34H35N3O6/c1-23(36-33(41)42-21-27-11-7-4-8-12-27)30(38)19-28(17-25-13-15-26(20-35)16-14-25)32(40)37-29(31(39)34(2)22-43-34)18-24-9-5-3-6-10-24/h3-16,23,28-29H,17-19,21-22H2,1-2H3,(H,36,41)(H,37,40)/t23-,28+,29-,34+/m0/s1. The third-order valence-corrected chi connectivity index (χ3v) is 7.43. The first kappa shape index (κ1) is 31.1. The maximum absolute atomic E-state index is 13.7. The molecular weight excluding hydrogens is 546 g/mol. The Bertz CT molecular complexity index is 1460. The van der Waals surface area contributed by atoms with Gasteiger partial charge in [0.1, 0.15) is 12.2 Å². The second-order valence-electron chi connectivity index (χ2n) is 10.9. The average Bonchev–Trinajstić information content (AvgIpc) is 3.78. The summed E-state index contributed by atoms with van der Waals surface area (Å²) in [5.41, 5.74) is 1.94. The van der Waals surface area contributed by atoms with Crippen molar-refractivity contribution < 1.29 is 28.7 Å². The third-order valence-electron chi connectivity index (χ3n) is 7.43. The molecule has 0 unspecified atom stereocenters. The number of ether oxygens (including phenoxy) is 2. The molecule has 4 rings (SSSR count). The Balaban J connectivity index is 1.46. The molecule has 9 nitrogen and oxygen atoms in total. The Morgan fingerprint density at radius 1 is 0.884 bits per heavy atom. The summed E-state index contributed by atoms with van der Waals surface area (Å²) >= 11 is 0. The number of epoxide rings is 1. The highest BCUT2D eigenvalue weighted by molar-refractivity contribution is 5.98. The van der Waals surface area contributed by atoms with Gasteiger partial charge in [0.25, 0.3) is 0 Å². The van der Waals surface area contributed by atoms with Crippen LogP contribution in [-0.2, 0) is 43.3 Å². The van der Waals surface area contributed by atoms with Crippen LogP contribution in [0.25, 0.3) is 0 Å². The number of carbonyl (C=O) groups excluding carboxylic acids is 4. The summed E-state index contributed by atoms with van der Waals surface area (Å²) in [5, 5.41) is 14.6. The summed E-state index contributed by atoms with van der Waals surface area (Å²) in [6.45, 7) is 3.57. The van der Waals surface area contributed by atoms with Crippen molar-refractivity contribution in [2.24, 2.45) is 5.92 Å². The fourth-order valence-corrected chi connectivity index (χ4v) is 4.67. The van der Waals surface area contributed by atoms with Gasteiger partial charge in [0.05, 0.1) is 30.3 Å². The van der Waals surface area contributed by atoms with Crippen molar-refractivity contribution >= 4 is 23.6 Å². The Hall–Kier alpha value is -4.81. The zero-order valence-electron chi connectivity index (χ0n) is 24.2. The summed E-state index contributed by atoms with van der Waals surface area (Å²) < 4.78 is 10.6. The van der Waals surface area contributed by atoms with Crippen LogP contribution in [0.5, 0.6) is 0 Å². The molecule has 2 N–H and O–H groups in total. The van der Waals surface area contributed by atoms with E-state index in [1.807, 2.05) is 60.7 Å². The van der Waals surface area contributed by atoms with E-state index in [2.05, 4.69) is 16.7 Å². The monoisotopic (exact) mass is 581 g/mol. The number of hydrogen-bond donors (Lipinski definition) is 2. The van der Waals surface area contributed by atoms with E-state index in [1.165, 1.54) is 6.92 Å². The van der Waals surface area contributed by atoms with Gasteiger partial charge >= 0.3 is 6.09 Å². The minimum Gasteiger partial charge on any atom is -0.445 e. The maximum Gasteiger partial charge on any atom is 0.408 e. The average molecular weight is 582 g/mol. The van der Waals surface area contributed by atoms with E-state index in [1.54, 1.807) is 31.2 Å². The van der Waals surface area contributed by atoms with Crippen LogP contribution in [-0.4, -0.2) is 47.9 Å². The van der Waals surface area contributed by atoms with Gasteiger partial charge in [0, 0.05) is 12.3 Å². The Labute approximate surface area is 251 Å². The van der Waals surface area contributed by atoms with Gasteiger partial charge in [-0.3, -0.25) is 14.4 Å². The van der Waals surface area contributed by atoms with Gasteiger partial charge in [0.15, 0.2) is 11.6 Å². The number of nitrogens with zero attached hydrogens (tertiary/aromatic N) is 1. The minimum atomic E-state index is -0.955.